The van der Waals surface area contributed by atoms with Gasteiger partial charge < -0.3 is 15.2 Å². The lowest BCUT2D eigenvalue weighted by atomic mass is 9.96. The smallest absolute Gasteiger partial charge is 0.321 e. The summed E-state index contributed by atoms with van der Waals surface area (Å²) in [7, 11) is 0. The number of aromatic amines is 1. The third-order valence-corrected chi connectivity index (χ3v) is 5.39. The summed E-state index contributed by atoms with van der Waals surface area (Å²) in [6, 6.07) is 12.5. The SMILES string of the molecule is CC(=O)c1cccc(NC(=O)N2CCC(c3nc4ccc(Cl)cc4[nH]3)CC2)c1. The Hall–Kier alpha value is -2.86. The molecule has 0 atom stereocenters. The maximum atomic E-state index is 12.6. The third-order valence-electron chi connectivity index (χ3n) is 5.15. The van der Waals surface area contributed by atoms with Gasteiger partial charge in [-0.3, -0.25) is 4.79 Å². The van der Waals surface area contributed by atoms with Gasteiger partial charge in [-0.2, -0.15) is 0 Å². The number of carbonyl (C=O) groups excluding carboxylic acids is 2. The second kappa shape index (κ2) is 7.64. The normalized spacial score (nSPS) is 15.0. The molecule has 28 heavy (non-hydrogen) atoms. The van der Waals surface area contributed by atoms with Crippen LogP contribution >= 0.6 is 11.6 Å². The van der Waals surface area contributed by atoms with Crippen LogP contribution in [0.5, 0.6) is 0 Å². The molecule has 4 rings (SSSR count). The quantitative estimate of drug-likeness (QED) is 0.622. The first-order chi connectivity index (χ1) is 13.5. The van der Waals surface area contributed by atoms with E-state index in [0.717, 1.165) is 29.7 Å². The lowest BCUT2D eigenvalue weighted by Crippen LogP contribution is -2.40. The lowest BCUT2D eigenvalue weighted by molar-refractivity contribution is 0.101. The van der Waals surface area contributed by atoms with Crippen LogP contribution < -0.4 is 5.32 Å². The molecule has 0 saturated carbocycles. The fourth-order valence-electron chi connectivity index (χ4n) is 3.57. The molecule has 1 fully saturated rings. The number of likely N-dealkylation sites (tertiary alicyclic amines) is 1. The van der Waals surface area contributed by atoms with Crippen molar-refractivity contribution in [2.75, 3.05) is 18.4 Å². The fraction of sp³-hybridized carbons (Fsp3) is 0.286. The topological polar surface area (TPSA) is 78.1 Å². The number of nitrogens with one attached hydrogen (secondary N) is 2. The van der Waals surface area contributed by atoms with Gasteiger partial charge in [0, 0.05) is 35.3 Å². The zero-order chi connectivity index (χ0) is 19.7. The minimum atomic E-state index is -0.143. The van der Waals surface area contributed by atoms with Crippen LogP contribution in [0, 0.1) is 0 Å². The van der Waals surface area contributed by atoms with Gasteiger partial charge in [0.15, 0.2) is 5.78 Å². The number of urea groups is 1. The Kier molecular flexibility index (Phi) is 5.05. The summed E-state index contributed by atoms with van der Waals surface area (Å²) < 4.78 is 0. The Labute approximate surface area is 167 Å². The van der Waals surface area contributed by atoms with Crippen LogP contribution in [0.2, 0.25) is 5.02 Å². The van der Waals surface area contributed by atoms with E-state index in [9.17, 15) is 9.59 Å². The number of fused-ring (bicyclic) bond motifs is 1. The summed E-state index contributed by atoms with van der Waals surface area (Å²) >= 11 is 6.04. The van der Waals surface area contributed by atoms with Gasteiger partial charge in [0.1, 0.15) is 5.82 Å². The van der Waals surface area contributed by atoms with E-state index >= 15 is 0 Å². The van der Waals surface area contributed by atoms with Gasteiger partial charge >= 0.3 is 6.03 Å². The summed E-state index contributed by atoms with van der Waals surface area (Å²) in [4.78, 5) is 33.9. The fourth-order valence-corrected chi connectivity index (χ4v) is 3.74. The summed E-state index contributed by atoms with van der Waals surface area (Å²) in [6.07, 6.45) is 1.68. The summed E-state index contributed by atoms with van der Waals surface area (Å²) in [6.45, 7) is 2.82. The molecule has 0 bridgehead atoms. The van der Waals surface area contributed by atoms with Crippen LogP contribution in [-0.4, -0.2) is 39.8 Å². The number of halogens is 1. The second-order valence-electron chi connectivity index (χ2n) is 7.11. The molecular weight excluding hydrogens is 376 g/mol. The molecule has 1 aromatic heterocycles. The van der Waals surface area contributed by atoms with Crippen molar-refractivity contribution in [3.63, 3.8) is 0 Å². The minimum absolute atomic E-state index is 0.0240. The molecular formula is C21H21ClN4O2. The van der Waals surface area contributed by atoms with Crippen molar-refractivity contribution < 1.29 is 9.59 Å². The van der Waals surface area contributed by atoms with E-state index in [1.54, 1.807) is 29.2 Å². The van der Waals surface area contributed by atoms with Crippen molar-refractivity contribution in [1.82, 2.24) is 14.9 Å². The molecule has 0 spiro atoms. The van der Waals surface area contributed by atoms with Crippen LogP contribution in [0.4, 0.5) is 10.5 Å². The molecule has 2 amide bonds. The van der Waals surface area contributed by atoms with Gasteiger partial charge in [0.25, 0.3) is 0 Å². The maximum absolute atomic E-state index is 12.6. The number of benzene rings is 2. The molecule has 144 valence electrons. The van der Waals surface area contributed by atoms with E-state index in [2.05, 4.69) is 15.3 Å². The van der Waals surface area contributed by atoms with Crippen molar-refractivity contribution in [2.24, 2.45) is 0 Å². The average molecular weight is 397 g/mol. The molecule has 0 unspecified atom stereocenters. The Morgan fingerprint density at radius 1 is 1.18 bits per heavy atom. The van der Waals surface area contributed by atoms with E-state index in [4.69, 9.17) is 11.6 Å². The number of carbonyl (C=O) groups is 2. The Morgan fingerprint density at radius 3 is 2.71 bits per heavy atom. The van der Waals surface area contributed by atoms with Crippen LogP contribution in [0.25, 0.3) is 11.0 Å². The second-order valence-corrected chi connectivity index (χ2v) is 7.55. The number of imidazole rings is 1. The van der Waals surface area contributed by atoms with Crippen LogP contribution in [0.15, 0.2) is 42.5 Å². The number of aromatic nitrogens is 2. The first-order valence-electron chi connectivity index (χ1n) is 9.32. The third kappa shape index (κ3) is 3.87. The molecule has 1 aliphatic rings. The van der Waals surface area contributed by atoms with E-state index in [1.807, 2.05) is 18.2 Å². The molecule has 1 aliphatic heterocycles. The van der Waals surface area contributed by atoms with Crippen molar-refractivity contribution in [3.8, 4) is 0 Å². The van der Waals surface area contributed by atoms with Gasteiger partial charge in [-0.1, -0.05) is 23.7 Å². The highest BCUT2D eigenvalue weighted by Gasteiger charge is 2.26. The van der Waals surface area contributed by atoms with E-state index < -0.39 is 0 Å². The minimum Gasteiger partial charge on any atom is -0.342 e. The molecule has 3 aromatic rings. The van der Waals surface area contributed by atoms with Gasteiger partial charge in [-0.15, -0.1) is 0 Å². The molecule has 0 radical (unpaired) electrons. The molecule has 2 heterocycles. The number of anilines is 1. The van der Waals surface area contributed by atoms with Gasteiger partial charge in [-0.25, -0.2) is 9.78 Å². The molecule has 1 saturated heterocycles. The highest BCUT2D eigenvalue weighted by molar-refractivity contribution is 6.31. The van der Waals surface area contributed by atoms with Gasteiger partial charge in [0.2, 0.25) is 0 Å². The Balaban J connectivity index is 1.38. The van der Waals surface area contributed by atoms with Crippen molar-refractivity contribution >= 4 is 40.1 Å². The number of amides is 2. The zero-order valence-electron chi connectivity index (χ0n) is 15.5. The van der Waals surface area contributed by atoms with E-state index in [-0.39, 0.29) is 17.7 Å². The number of H-pyrrole nitrogens is 1. The van der Waals surface area contributed by atoms with Crippen molar-refractivity contribution in [3.05, 3.63) is 58.9 Å². The number of hydrogen-bond acceptors (Lipinski definition) is 3. The molecule has 7 heteroatoms. The predicted octanol–water partition coefficient (Wildman–Crippen LogP) is 4.83. The van der Waals surface area contributed by atoms with Crippen LogP contribution in [0.1, 0.15) is 41.9 Å². The van der Waals surface area contributed by atoms with Crippen LogP contribution in [0.3, 0.4) is 0 Å². The first kappa shape index (κ1) is 18.5. The average Bonchev–Trinajstić information content (AvgIpc) is 3.11. The number of nitrogens with zero attached hydrogens (tertiary/aromatic N) is 2. The molecule has 2 N–H and O–H groups in total. The van der Waals surface area contributed by atoms with Crippen LogP contribution in [-0.2, 0) is 0 Å². The predicted molar refractivity (Wildman–Crippen MR) is 110 cm³/mol. The first-order valence-corrected chi connectivity index (χ1v) is 9.69. The number of rotatable bonds is 3. The molecule has 0 aliphatic carbocycles. The monoisotopic (exact) mass is 396 g/mol. The maximum Gasteiger partial charge on any atom is 0.321 e. The van der Waals surface area contributed by atoms with E-state index in [1.165, 1.54) is 6.92 Å². The number of ketones is 1. The Morgan fingerprint density at radius 2 is 1.96 bits per heavy atom. The summed E-state index contributed by atoms with van der Waals surface area (Å²) in [5, 5.41) is 3.57. The number of Topliss-reactive ketones (excluding diaryl/α,β-unsaturated/α-hetero) is 1. The number of hydrogen-bond donors (Lipinski definition) is 2. The largest absolute Gasteiger partial charge is 0.342 e. The van der Waals surface area contributed by atoms with Crippen molar-refractivity contribution in [1.29, 1.82) is 0 Å². The highest BCUT2D eigenvalue weighted by atomic mass is 35.5. The number of piperidine rings is 1. The summed E-state index contributed by atoms with van der Waals surface area (Å²) in [5.74, 6) is 1.21. The van der Waals surface area contributed by atoms with Crippen molar-refractivity contribution in [2.45, 2.75) is 25.7 Å². The van der Waals surface area contributed by atoms with Gasteiger partial charge in [0.05, 0.1) is 11.0 Å². The molecule has 2 aromatic carbocycles. The Bertz CT molecular complexity index is 1040. The zero-order valence-corrected chi connectivity index (χ0v) is 16.3. The lowest BCUT2D eigenvalue weighted by Gasteiger charge is -2.31. The molecule has 6 nitrogen and oxygen atoms in total. The standard InChI is InChI=1S/C21H21ClN4O2/c1-13(27)15-3-2-4-17(11-15)23-21(28)26-9-7-14(8-10-26)20-24-18-6-5-16(22)12-19(18)25-20/h2-6,11-12,14H,7-10H2,1H3,(H,23,28)(H,24,25). The summed E-state index contributed by atoms with van der Waals surface area (Å²) in [5.41, 5.74) is 3.06. The van der Waals surface area contributed by atoms with E-state index in [0.29, 0.717) is 29.4 Å². The van der Waals surface area contributed by atoms with Gasteiger partial charge in [-0.05, 0) is 50.1 Å². The highest BCUT2D eigenvalue weighted by Crippen LogP contribution is 2.29.